The van der Waals surface area contributed by atoms with Gasteiger partial charge in [-0.1, -0.05) is 146 Å². The van der Waals surface area contributed by atoms with E-state index in [2.05, 4.69) is 168 Å². The summed E-state index contributed by atoms with van der Waals surface area (Å²) >= 11 is 0. The third-order valence-corrected chi connectivity index (χ3v) is 9.73. The van der Waals surface area contributed by atoms with E-state index in [1.165, 1.54) is 92.7 Å². The lowest BCUT2D eigenvalue weighted by Gasteiger charge is -2.12. The minimum absolute atomic E-state index is 1.22. The Morgan fingerprint density at radius 1 is 0.267 bits per heavy atom. The molecule has 0 amide bonds. The van der Waals surface area contributed by atoms with Gasteiger partial charge in [0.05, 0.1) is 16.6 Å². The van der Waals surface area contributed by atoms with Crippen molar-refractivity contribution in [1.82, 2.24) is 4.40 Å². The molecule has 0 spiro atoms. The lowest BCUT2D eigenvalue weighted by Crippen LogP contribution is -1.91. The van der Waals surface area contributed by atoms with Crippen molar-refractivity contribution in [2.45, 2.75) is 0 Å². The highest BCUT2D eigenvalue weighted by Gasteiger charge is 2.20. The van der Waals surface area contributed by atoms with Crippen LogP contribution >= 0.6 is 0 Å². The van der Waals surface area contributed by atoms with Crippen molar-refractivity contribution in [2.24, 2.45) is 0 Å². The molecule has 208 valence electrons. The Labute approximate surface area is 260 Å². The van der Waals surface area contributed by atoms with Crippen molar-refractivity contribution in [3.8, 4) is 22.3 Å². The monoisotopic (exact) mass is 569 g/mol. The number of benzene rings is 8. The Kier molecular flexibility index (Phi) is 5.06. The van der Waals surface area contributed by atoms with E-state index < -0.39 is 0 Å². The van der Waals surface area contributed by atoms with Gasteiger partial charge in [-0.2, -0.15) is 0 Å². The van der Waals surface area contributed by atoms with Gasteiger partial charge < -0.3 is 4.40 Å². The molecule has 0 bridgehead atoms. The van der Waals surface area contributed by atoms with Gasteiger partial charge in [0, 0.05) is 21.7 Å². The van der Waals surface area contributed by atoms with Crippen LogP contribution in [0.2, 0.25) is 0 Å². The molecule has 1 heteroatoms. The second kappa shape index (κ2) is 9.29. The molecule has 0 aliphatic carbocycles. The summed E-state index contributed by atoms with van der Waals surface area (Å²) < 4.78 is 2.50. The topological polar surface area (TPSA) is 4.41 Å². The first-order valence-electron chi connectivity index (χ1n) is 15.6. The maximum atomic E-state index is 2.50. The molecule has 10 aromatic rings. The summed E-state index contributed by atoms with van der Waals surface area (Å²) in [4.78, 5) is 0. The predicted molar refractivity (Wildman–Crippen MR) is 193 cm³/mol. The molecule has 10 rings (SSSR count). The van der Waals surface area contributed by atoms with Crippen LogP contribution in [-0.4, -0.2) is 4.40 Å². The Morgan fingerprint density at radius 3 is 1.40 bits per heavy atom. The van der Waals surface area contributed by atoms with Crippen LogP contribution in [0.3, 0.4) is 0 Å². The van der Waals surface area contributed by atoms with Crippen LogP contribution in [0.5, 0.6) is 0 Å². The van der Waals surface area contributed by atoms with Crippen LogP contribution in [0, 0.1) is 0 Å². The number of rotatable bonds is 2. The molecule has 0 aliphatic heterocycles. The zero-order chi connectivity index (χ0) is 29.5. The van der Waals surface area contributed by atoms with Gasteiger partial charge in [-0.25, -0.2) is 0 Å². The van der Waals surface area contributed by atoms with Gasteiger partial charge in [0.1, 0.15) is 0 Å². The second-order valence-corrected chi connectivity index (χ2v) is 12.1. The third kappa shape index (κ3) is 3.44. The lowest BCUT2D eigenvalue weighted by molar-refractivity contribution is 1.35. The molecule has 2 heterocycles. The molecule has 0 atom stereocenters. The minimum atomic E-state index is 1.22. The molecular formula is C44H27N. The van der Waals surface area contributed by atoms with Gasteiger partial charge in [0.25, 0.3) is 0 Å². The van der Waals surface area contributed by atoms with Crippen molar-refractivity contribution >= 4 is 70.4 Å². The Hall–Kier alpha value is -5.92. The smallest absolute Gasteiger partial charge is 0.0625 e. The number of hydrogen-bond acceptors (Lipinski definition) is 0. The van der Waals surface area contributed by atoms with E-state index in [-0.39, 0.29) is 0 Å². The van der Waals surface area contributed by atoms with Crippen LogP contribution in [0.1, 0.15) is 0 Å². The average Bonchev–Trinajstić information content (AvgIpc) is 3.47. The molecule has 2 aromatic heterocycles. The number of pyridine rings is 1. The van der Waals surface area contributed by atoms with Crippen LogP contribution < -0.4 is 0 Å². The van der Waals surface area contributed by atoms with E-state index in [0.717, 1.165) is 0 Å². The van der Waals surface area contributed by atoms with E-state index in [1.54, 1.807) is 0 Å². The first kappa shape index (κ1) is 24.5. The summed E-state index contributed by atoms with van der Waals surface area (Å²) in [6.07, 6.45) is 0. The van der Waals surface area contributed by atoms with Gasteiger partial charge in [-0.05, 0) is 72.6 Å². The van der Waals surface area contributed by atoms with E-state index in [0.29, 0.717) is 0 Å². The summed E-state index contributed by atoms with van der Waals surface area (Å²) in [7, 11) is 0. The minimum Gasteiger partial charge on any atom is -0.308 e. The first-order valence-corrected chi connectivity index (χ1v) is 15.6. The summed E-state index contributed by atoms with van der Waals surface area (Å²) in [6.45, 7) is 0. The van der Waals surface area contributed by atoms with Gasteiger partial charge in [0.2, 0.25) is 0 Å². The molecule has 0 unspecified atom stereocenters. The zero-order valence-corrected chi connectivity index (χ0v) is 24.5. The third-order valence-electron chi connectivity index (χ3n) is 9.73. The van der Waals surface area contributed by atoms with Crippen molar-refractivity contribution < 1.29 is 0 Å². The van der Waals surface area contributed by atoms with E-state index in [4.69, 9.17) is 0 Å². The fourth-order valence-electron chi connectivity index (χ4n) is 7.78. The van der Waals surface area contributed by atoms with Crippen molar-refractivity contribution in [1.29, 1.82) is 0 Å². The predicted octanol–water partition coefficient (Wildman–Crippen LogP) is 12.2. The highest BCUT2D eigenvalue weighted by atomic mass is 14.9. The second-order valence-electron chi connectivity index (χ2n) is 12.1. The maximum Gasteiger partial charge on any atom is 0.0625 e. The molecule has 1 nitrogen and oxygen atoms in total. The SMILES string of the molecule is c1ccc(-c2c3ccc(-c4ccc5c6ccccc6c6ccccc6c5c4)cc3n3c4ccccc4c4ccccc4c23)cc1. The van der Waals surface area contributed by atoms with E-state index in [9.17, 15) is 0 Å². The van der Waals surface area contributed by atoms with Crippen molar-refractivity contribution in [3.05, 3.63) is 164 Å². The molecule has 0 fully saturated rings. The molecule has 0 saturated carbocycles. The van der Waals surface area contributed by atoms with Crippen LogP contribution in [0.15, 0.2) is 164 Å². The fourth-order valence-corrected chi connectivity index (χ4v) is 7.78. The number of nitrogens with zero attached hydrogens (tertiary/aromatic N) is 1. The van der Waals surface area contributed by atoms with E-state index >= 15 is 0 Å². The standard InChI is InChI=1S/C44H27N/c1-2-12-28(13-3-1)43-39-25-23-30(27-42(39)45-41-21-11-10-19-37(41)35-18-8-9-20-38(35)44(43)45)29-22-24-36-33-16-5-4-14-31(33)32-15-6-7-17-34(32)40(36)26-29/h1-27H. The molecule has 45 heavy (non-hydrogen) atoms. The summed E-state index contributed by atoms with van der Waals surface area (Å²) in [5.74, 6) is 0. The van der Waals surface area contributed by atoms with Crippen molar-refractivity contribution in [3.63, 3.8) is 0 Å². The largest absolute Gasteiger partial charge is 0.308 e. The van der Waals surface area contributed by atoms with Crippen molar-refractivity contribution in [2.75, 3.05) is 0 Å². The van der Waals surface area contributed by atoms with Gasteiger partial charge in [0.15, 0.2) is 0 Å². The lowest BCUT2D eigenvalue weighted by atomic mass is 9.92. The van der Waals surface area contributed by atoms with Crippen LogP contribution in [0.4, 0.5) is 0 Å². The number of fused-ring (bicyclic) bond motifs is 14. The molecule has 0 radical (unpaired) electrons. The number of hydrogen-bond donors (Lipinski definition) is 0. The highest BCUT2D eigenvalue weighted by Crippen LogP contribution is 2.44. The van der Waals surface area contributed by atoms with Gasteiger partial charge in [-0.15, -0.1) is 0 Å². The molecule has 0 aliphatic rings. The maximum absolute atomic E-state index is 2.50. The first-order chi connectivity index (χ1) is 22.3. The van der Waals surface area contributed by atoms with E-state index in [1.807, 2.05) is 0 Å². The fraction of sp³-hybridized carbons (Fsp3) is 0. The van der Waals surface area contributed by atoms with Crippen LogP contribution in [-0.2, 0) is 0 Å². The van der Waals surface area contributed by atoms with Crippen LogP contribution in [0.25, 0.3) is 92.7 Å². The summed E-state index contributed by atoms with van der Waals surface area (Å²) in [6, 6.07) is 60.2. The Bertz CT molecular complexity index is 2770. The Morgan fingerprint density at radius 2 is 0.733 bits per heavy atom. The normalized spacial score (nSPS) is 12.0. The number of aromatic nitrogens is 1. The average molecular weight is 570 g/mol. The molecular weight excluding hydrogens is 542 g/mol. The quantitative estimate of drug-likeness (QED) is 0.182. The number of para-hydroxylation sites is 1. The summed E-state index contributed by atoms with van der Waals surface area (Å²) in [5.41, 5.74) is 8.69. The summed E-state index contributed by atoms with van der Waals surface area (Å²) in [5, 5.41) is 12.9. The van der Waals surface area contributed by atoms with Gasteiger partial charge in [-0.3, -0.25) is 0 Å². The highest BCUT2D eigenvalue weighted by molar-refractivity contribution is 6.26. The zero-order valence-electron chi connectivity index (χ0n) is 24.5. The van der Waals surface area contributed by atoms with Gasteiger partial charge >= 0.3 is 0 Å². The Balaban J connectivity index is 1.33. The molecule has 0 saturated heterocycles. The molecule has 8 aromatic carbocycles. The molecule has 0 N–H and O–H groups in total.